The SMILES string of the molecule is CC1CCCC(C)N1C(=O)NCCCCCCC(=O)O. The molecule has 5 heteroatoms. The number of carbonyl (C=O) groups is 2. The summed E-state index contributed by atoms with van der Waals surface area (Å²) in [5, 5.41) is 11.5. The van der Waals surface area contributed by atoms with Crippen LogP contribution in [0.5, 0.6) is 0 Å². The Morgan fingerprint density at radius 3 is 2.30 bits per heavy atom. The van der Waals surface area contributed by atoms with E-state index in [-0.39, 0.29) is 12.5 Å². The van der Waals surface area contributed by atoms with Crippen LogP contribution in [0.25, 0.3) is 0 Å². The molecule has 1 aliphatic rings. The van der Waals surface area contributed by atoms with Gasteiger partial charge in [-0.15, -0.1) is 0 Å². The van der Waals surface area contributed by atoms with Gasteiger partial charge in [-0.05, 0) is 46.0 Å². The maximum absolute atomic E-state index is 12.1. The van der Waals surface area contributed by atoms with E-state index < -0.39 is 5.97 Å². The van der Waals surface area contributed by atoms with E-state index >= 15 is 0 Å². The fourth-order valence-corrected chi connectivity index (χ4v) is 2.86. The minimum atomic E-state index is -0.730. The number of nitrogens with zero attached hydrogens (tertiary/aromatic N) is 1. The van der Waals surface area contributed by atoms with Crippen LogP contribution in [0.3, 0.4) is 0 Å². The van der Waals surface area contributed by atoms with Crippen molar-refractivity contribution in [1.29, 1.82) is 0 Å². The molecule has 0 bridgehead atoms. The zero-order valence-corrected chi connectivity index (χ0v) is 12.7. The second kappa shape index (κ2) is 8.82. The summed E-state index contributed by atoms with van der Waals surface area (Å²) in [6.07, 6.45) is 7.16. The van der Waals surface area contributed by atoms with Gasteiger partial charge in [0, 0.05) is 25.0 Å². The van der Waals surface area contributed by atoms with E-state index in [0.29, 0.717) is 18.6 Å². The molecule has 2 N–H and O–H groups in total. The fraction of sp³-hybridized carbons (Fsp3) is 0.867. The van der Waals surface area contributed by atoms with Crippen molar-refractivity contribution in [3.63, 3.8) is 0 Å². The van der Waals surface area contributed by atoms with E-state index in [1.807, 2.05) is 4.90 Å². The first kappa shape index (κ1) is 16.8. The second-order valence-corrected chi connectivity index (χ2v) is 5.83. The Kier molecular flexibility index (Phi) is 7.41. The van der Waals surface area contributed by atoms with E-state index in [9.17, 15) is 9.59 Å². The quantitative estimate of drug-likeness (QED) is 0.706. The van der Waals surface area contributed by atoms with Crippen LogP contribution in [0.15, 0.2) is 0 Å². The Labute approximate surface area is 121 Å². The number of carboxylic acids is 1. The average Bonchev–Trinajstić information content (AvgIpc) is 2.37. The van der Waals surface area contributed by atoms with Crippen LogP contribution in [0.1, 0.15) is 65.2 Å². The van der Waals surface area contributed by atoms with Gasteiger partial charge in [0.25, 0.3) is 0 Å². The smallest absolute Gasteiger partial charge is 0.317 e. The van der Waals surface area contributed by atoms with Crippen LogP contribution in [0.2, 0.25) is 0 Å². The third-order valence-electron chi connectivity index (χ3n) is 4.02. The van der Waals surface area contributed by atoms with Gasteiger partial charge in [-0.3, -0.25) is 4.79 Å². The molecule has 1 heterocycles. The van der Waals surface area contributed by atoms with Gasteiger partial charge in [-0.2, -0.15) is 0 Å². The van der Waals surface area contributed by atoms with Gasteiger partial charge in [0.1, 0.15) is 0 Å². The summed E-state index contributed by atoms with van der Waals surface area (Å²) < 4.78 is 0. The van der Waals surface area contributed by atoms with Gasteiger partial charge < -0.3 is 15.3 Å². The van der Waals surface area contributed by atoms with E-state index in [2.05, 4.69) is 19.2 Å². The summed E-state index contributed by atoms with van der Waals surface area (Å²) in [7, 11) is 0. The molecule has 0 aromatic carbocycles. The number of hydrogen-bond donors (Lipinski definition) is 2. The number of nitrogens with one attached hydrogen (secondary N) is 1. The van der Waals surface area contributed by atoms with Gasteiger partial charge in [0.2, 0.25) is 0 Å². The highest BCUT2D eigenvalue weighted by molar-refractivity contribution is 5.74. The number of likely N-dealkylation sites (tertiary alicyclic amines) is 1. The molecule has 0 saturated carbocycles. The molecule has 0 aromatic heterocycles. The van der Waals surface area contributed by atoms with Gasteiger partial charge in [-0.25, -0.2) is 4.79 Å². The zero-order chi connectivity index (χ0) is 15.0. The van der Waals surface area contributed by atoms with Crippen molar-refractivity contribution >= 4 is 12.0 Å². The van der Waals surface area contributed by atoms with Crippen LogP contribution in [-0.2, 0) is 4.79 Å². The number of aliphatic carboxylic acids is 1. The normalized spacial score (nSPS) is 22.6. The summed E-state index contributed by atoms with van der Waals surface area (Å²) in [4.78, 5) is 24.5. The van der Waals surface area contributed by atoms with Gasteiger partial charge in [-0.1, -0.05) is 12.8 Å². The minimum Gasteiger partial charge on any atom is -0.481 e. The molecule has 1 rings (SSSR count). The monoisotopic (exact) mass is 284 g/mol. The lowest BCUT2D eigenvalue weighted by Crippen LogP contribution is -2.51. The Morgan fingerprint density at radius 1 is 1.10 bits per heavy atom. The average molecular weight is 284 g/mol. The number of piperidine rings is 1. The van der Waals surface area contributed by atoms with E-state index in [0.717, 1.165) is 38.5 Å². The standard InChI is InChI=1S/C15H28N2O3/c1-12-8-7-9-13(2)17(12)15(20)16-11-6-4-3-5-10-14(18)19/h12-13H,3-11H2,1-2H3,(H,16,20)(H,18,19). The van der Waals surface area contributed by atoms with Crippen molar-refractivity contribution < 1.29 is 14.7 Å². The lowest BCUT2D eigenvalue weighted by molar-refractivity contribution is -0.137. The number of unbranched alkanes of at least 4 members (excludes halogenated alkanes) is 3. The molecule has 1 fully saturated rings. The first-order valence-electron chi connectivity index (χ1n) is 7.80. The molecule has 0 aromatic rings. The van der Waals surface area contributed by atoms with Crippen LogP contribution >= 0.6 is 0 Å². The molecular weight excluding hydrogens is 256 g/mol. The molecule has 0 radical (unpaired) electrons. The molecule has 2 atom stereocenters. The highest BCUT2D eigenvalue weighted by Crippen LogP contribution is 2.22. The predicted octanol–water partition coefficient (Wildman–Crippen LogP) is 2.99. The van der Waals surface area contributed by atoms with Crippen molar-refractivity contribution in [3.8, 4) is 0 Å². The van der Waals surface area contributed by atoms with Crippen molar-refractivity contribution in [3.05, 3.63) is 0 Å². The lowest BCUT2D eigenvalue weighted by Gasteiger charge is -2.38. The van der Waals surface area contributed by atoms with Crippen molar-refractivity contribution in [2.24, 2.45) is 0 Å². The van der Waals surface area contributed by atoms with E-state index in [1.54, 1.807) is 0 Å². The highest BCUT2D eigenvalue weighted by Gasteiger charge is 2.28. The number of carboxylic acid groups (broad SMARTS) is 1. The fourth-order valence-electron chi connectivity index (χ4n) is 2.86. The lowest BCUT2D eigenvalue weighted by atomic mass is 9.98. The second-order valence-electron chi connectivity index (χ2n) is 5.83. The molecule has 5 nitrogen and oxygen atoms in total. The molecule has 116 valence electrons. The molecule has 0 aliphatic carbocycles. The number of amides is 2. The van der Waals surface area contributed by atoms with Crippen molar-refractivity contribution in [2.45, 2.75) is 77.3 Å². The number of hydrogen-bond acceptors (Lipinski definition) is 2. The van der Waals surface area contributed by atoms with E-state index in [1.165, 1.54) is 6.42 Å². The van der Waals surface area contributed by atoms with Crippen molar-refractivity contribution in [1.82, 2.24) is 10.2 Å². The molecule has 2 unspecified atom stereocenters. The van der Waals surface area contributed by atoms with Crippen molar-refractivity contribution in [2.75, 3.05) is 6.54 Å². The Bertz CT molecular complexity index is 310. The predicted molar refractivity (Wildman–Crippen MR) is 78.7 cm³/mol. The molecule has 2 amide bonds. The van der Waals surface area contributed by atoms with Crippen LogP contribution in [-0.4, -0.2) is 40.6 Å². The first-order valence-corrected chi connectivity index (χ1v) is 7.80. The molecule has 1 saturated heterocycles. The van der Waals surface area contributed by atoms with Gasteiger partial charge in [0.05, 0.1) is 0 Å². The maximum Gasteiger partial charge on any atom is 0.317 e. The Hall–Kier alpha value is -1.26. The van der Waals surface area contributed by atoms with Crippen LogP contribution in [0, 0.1) is 0 Å². The van der Waals surface area contributed by atoms with Crippen LogP contribution < -0.4 is 5.32 Å². The summed E-state index contributed by atoms with van der Waals surface area (Å²) >= 11 is 0. The summed E-state index contributed by atoms with van der Waals surface area (Å²) in [5.74, 6) is -0.730. The molecule has 0 spiro atoms. The number of urea groups is 1. The highest BCUT2D eigenvalue weighted by atomic mass is 16.4. The van der Waals surface area contributed by atoms with Crippen LogP contribution in [0.4, 0.5) is 4.79 Å². The van der Waals surface area contributed by atoms with Gasteiger partial charge in [0.15, 0.2) is 0 Å². The summed E-state index contributed by atoms with van der Waals surface area (Å²) in [6.45, 7) is 4.91. The molecule has 1 aliphatic heterocycles. The first-order chi connectivity index (χ1) is 9.52. The van der Waals surface area contributed by atoms with Gasteiger partial charge >= 0.3 is 12.0 Å². The largest absolute Gasteiger partial charge is 0.481 e. The third-order valence-corrected chi connectivity index (χ3v) is 4.02. The number of rotatable bonds is 7. The summed E-state index contributed by atoms with van der Waals surface area (Å²) in [6, 6.07) is 0.707. The minimum absolute atomic E-state index is 0.0511. The molecule has 20 heavy (non-hydrogen) atoms. The zero-order valence-electron chi connectivity index (χ0n) is 12.7. The third kappa shape index (κ3) is 5.80. The van der Waals surface area contributed by atoms with E-state index in [4.69, 9.17) is 5.11 Å². The topological polar surface area (TPSA) is 69.6 Å². The Balaban J connectivity index is 2.11. The molecular formula is C15H28N2O3. The Morgan fingerprint density at radius 2 is 1.70 bits per heavy atom. The summed E-state index contributed by atoms with van der Waals surface area (Å²) in [5.41, 5.74) is 0. The maximum atomic E-state index is 12.1. The number of carbonyl (C=O) groups excluding carboxylic acids is 1.